The second-order valence-electron chi connectivity index (χ2n) is 5.38. The van der Waals surface area contributed by atoms with E-state index in [0.717, 1.165) is 44.5 Å². The monoisotopic (exact) mass is 296 g/mol. The van der Waals surface area contributed by atoms with E-state index in [2.05, 4.69) is 10.0 Å². The van der Waals surface area contributed by atoms with Crippen LogP contribution >= 0.6 is 0 Å². The number of sulfonamides is 1. The van der Waals surface area contributed by atoms with Crippen LogP contribution in [0.5, 0.6) is 0 Å². The molecule has 0 radical (unpaired) electrons. The molecule has 0 aromatic heterocycles. The van der Waals surface area contributed by atoms with Crippen molar-refractivity contribution in [3.05, 3.63) is 23.8 Å². The fourth-order valence-corrected chi connectivity index (χ4v) is 4.01. The lowest BCUT2D eigenvalue weighted by Crippen LogP contribution is -2.40. The zero-order valence-corrected chi connectivity index (χ0v) is 12.2. The number of aryl methyl sites for hydroxylation is 1. The molecule has 1 aromatic carbocycles. The molecule has 6 heteroatoms. The van der Waals surface area contributed by atoms with Gasteiger partial charge >= 0.3 is 0 Å². The third-order valence-electron chi connectivity index (χ3n) is 3.81. The standard InChI is InChI=1S/C14H20N2O3S/c17-20(18,16-12-4-2-8-19-10-12)13-6-5-11-3-1-7-15-14(11)9-13/h5-6,9,12,15-16H,1-4,7-8,10H2. The fraction of sp³-hybridized carbons (Fsp3) is 0.571. The molecular weight excluding hydrogens is 276 g/mol. The summed E-state index contributed by atoms with van der Waals surface area (Å²) in [5, 5.41) is 3.26. The molecule has 20 heavy (non-hydrogen) atoms. The Morgan fingerprint density at radius 3 is 3.00 bits per heavy atom. The van der Waals surface area contributed by atoms with Crippen molar-refractivity contribution >= 4 is 15.7 Å². The third-order valence-corrected chi connectivity index (χ3v) is 5.33. The first-order chi connectivity index (χ1) is 9.65. The van der Waals surface area contributed by atoms with Crippen molar-refractivity contribution in [1.29, 1.82) is 0 Å². The van der Waals surface area contributed by atoms with Gasteiger partial charge in [0.2, 0.25) is 10.0 Å². The number of benzene rings is 1. The maximum atomic E-state index is 12.4. The SMILES string of the molecule is O=S(=O)(NC1CCCOC1)c1ccc2c(c1)NCCC2. The molecule has 1 saturated heterocycles. The molecule has 3 rings (SSSR count). The van der Waals surface area contributed by atoms with Gasteiger partial charge in [0.25, 0.3) is 0 Å². The first-order valence-corrected chi connectivity index (χ1v) is 8.60. The van der Waals surface area contributed by atoms with Crippen LogP contribution in [0, 0.1) is 0 Å². The van der Waals surface area contributed by atoms with E-state index in [1.54, 1.807) is 12.1 Å². The predicted octanol–water partition coefficient (Wildman–Crippen LogP) is 1.50. The number of ether oxygens (including phenoxy) is 1. The Bertz CT molecular complexity index is 580. The average Bonchev–Trinajstić information content (AvgIpc) is 2.47. The second kappa shape index (κ2) is 5.71. The van der Waals surface area contributed by atoms with Crippen LogP contribution in [0.4, 0.5) is 5.69 Å². The minimum Gasteiger partial charge on any atom is -0.385 e. The predicted molar refractivity (Wildman–Crippen MR) is 77.4 cm³/mol. The van der Waals surface area contributed by atoms with Gasteiger partial charge in [0.05, 0.1) is 11.5 Å². The van der Waals surface area contributed by atoms with Gasteiger partial charge in [-0.25, -0.2) is 13.1 Å². The van der Waals surface area contributed by atoms with Gasteiger partial charge < -0.3 is 10.1 Å². The van der Waals surface area contributed by atoms with Crippen molar-refractivity contribution in [2.75, 3.05) is 25.1 Å². The molecular formula is C14H20N2O3S. The largest absolute Gasteiger partial charge is 0.385 e. The molecule has 1 atom stereocenters. The Morgan fingerprint density at radius 2 is 2.20 bits per heavy atom. The molecule has 0 spiro atoms. The molecule has 0 saturated carbocycles. The fourth-order valence-electron chi connectivity index (χ4n) is 2.73. The second-order valence-corrected chi connectivity index (χ2v) is 7.10. The number of fused-ring (bicyclic) bond motifs is 1. The van der Waals surface area contributed by atoms with E-state index in [1.165, 1.54) is 5.56 Å². The van der Waals surface area contributed by atoms with E-state index in [1.807, 2.05) is 6.07 Å². The first-order valence-electron chi connectivity index (χ1n) is 7.12. The van der Waals surface area contributed by atoms with Gasteiger partial charge in [-0.1, -0.05) is 6.07 Å². The molecule has 2 N–H and O–H groups in total. The molecule has 0 amide bonds. The van der Waals surface area contributed by atoms with Crippen LogP contribution in [-0.2, 0) is 21.2 Å². The van der Waals surface area contributed by atoms with Crippen LogP contribution in [0.3, 0.4) is 0 Å². The Kier molecular flexibility index (Phi) is 3.96. The normalized spacial score (nSPS) is 22.9. The third kappa shape index (κ3) is 2.97. The molecule has 110 valence electrons. The van der Waals surface area contributed by atoms with Crippen molar-refractivity contribution < 1.29 is 13.2 Å². The van der Waals surface area contributed by atoms with E-state index < -0.39 is 10.0 Å². The van der Waals surface area contributed by atoms with Gasteiger partial charge in [0.1, 0.15) is 0 Å². The van der Waals surface area contributed by atoms with Gasteiger partial charge in [-0.3, -0.25) is 0 Å². The number of anilines is 1. The zero-order valence-electron chi connectivity index (χ0n) is 11.4. The Morgan fingerprint density at radius 1 is 1.30 bits per heavy atom. The zero-order chi connectivity index (χ0) is 14.0. The summed E-state index contributed by atoms with van der Waals surface area (Å²) in [4.78, 5) is 0.330. The van der Waals surface area contributed by atoms with E-state index in [0.29, 0.717) is 11.5 Å². The van der Waals surface area contributed by atoms with Gasteiger partial charge in [-0.05, 0) is 43.4 Å². The van der Waals surface area contributed by atoms with Gasteiger partial charge in [-0.15, -0.1) is 0 Å². The molecule has 1 aromatic rings. The molecule has 5 nitrogen and oxygen atoms in total. The topological polar surface area (TPSA) is 67.4 Å². The number of hydrogen-bond acceptors (Lipinski definition) is 4. The van der Waals surface area contributed by atoms with Gasteiger partial charge in [0.15, 0.2) is 0 Å². The summed E-state index contributed by atoms with van der Waals surface area (Å²) in [6.07, 6.45) is 3.84. The number of rotatable bonds is 3. The summed E-state index contributed by atoms with van der Waals surface area (Å²) in [7, 11) is -3.46. The highest BCUT2D eigenvalue weighted by atomic mass is 32.2. The van der Waals surface area contributed by atoms with Crippen molar-refractivity contribution in [2.24, 2.45) is 0 Å². The Labute approximate surface area is 119 Å². The minimum absolute atomic E-state index is 0.113. The molecule has 2 aliphatic heterocycles. The maximum Gasteiger partial charge on any atom is 0.240 e. The lowest BCUT2D eigenvalue weighted by Gasteiger charge is -2.24. The summed E-state index contributed by atoms with van der Waals surface area (Å²) >= 11 is 0. The van der Waals surface area contributed by atoms with Crippen molar-refractivity contribution in [1.82, 2.24) is 4.72 Å². The first kappa shape index (κ1) is 13.9. The maximum absolute atomic E-state index is 12.4. The number of nitrogens with one attached hydrogen (secondary N) is 2. The summed E-state index contributed by atoms with van der Waals surface area (Å²) in [6, 6.07) is 5.23. The highest BCUT2D eigenvalue weighted by Crippen LogP contribution is 2.25. The molecule has 1 unspecified atom stereocenters. The summed E-state index contributed by atoms with van der Waals surface area (Å²) in [6.45, 7) is 2.09. The van der Waals surface area contributed by atoms with Crippen LogP contribution in [-0.4, -0.2) is 34.2 Å². The minimum atomic E-state index is -3.46. The van der Waals surface area contributed by atoms with Crippen LogP contribution < -0.4 is 10.0 Å². The molecule has 2 heterocycles. The molecule has 1 fully saturated rings. The molecule has 2 aliphatic rings. The Hall–Kier alpha value is -1.11. The van der Waals surface area contributed by atoms with E-state index in [9.17, 15) is 8.42 Å². The number of hydrogen-bond donors (Lipinski definition) is 2. The van der Waals surface area contributed by atoms with Crippen LogP contribution in [0.25, 0.3) is 0 Å². The average molecular weight is 296 g/mol. The van der Waals surface area contributed by atoms with E-state index >= 15 is 0 Å². The quantitative estimate of drug-likeness (QED) is 0.887. The van der Waals surface area contributed by atoms with Crippen LogP contribution in [0.1, 0.15) is 24.8 Å². The van der Waals surface area contributed by atoms with Crippen molar-refractivity contribution in [3.8, 4) is 0 Å². The smallest absolute Gasteiger partial charge is 0.240 e. The van der Waals surface area contributed by atoms with Crippen molar-refractivity contribution in [3.63, 3.8) is 0 Å². The van der Waals surface area contributed by atoms with Crippen molar-refractivity contribution in [2.45, 2.75) is 36.6 Å². The van der Waals surface area contributed by atoms with Crippen LogP contribution in [0.2, 0.25) is 0 Å². The molecule has 0 bridgehead atoms. The van der Waals surface area contributed by atoms with E-state index in [-0.39, 0.29) is 6.04 Å². The Balaban J connectivity index is 1.79. The highest BCUT2D eigenvalue weighted by Gasteiger charge is 2.23. The summed E-state index contributed by atoms with van der Waals surface area (Å²) < 4.78 is 32.8. The van der Waals surface area contributed by atoms with Crippen LogP contribution in [0.15, 0.2) is 23.1 Å². The van der Waals surface area contributed by atoms with Gasteiger partial charge in [-0.2, -0.15) is 0 Å². The summed E-state index contributed by atoms with van der Waals surface area (Å²) in [5.41, 5.74) is 2.13. The summed E-state index contributed by atoms with van der Waals surface area (Å²) in [5.74, 6) is 0. The van der Waals surface area contributed by atoms with Gasteiger partial charge in [0, 0.05) is 24.9 Å². The van der Waals surface area contributed by atoms with E-state index in [4.69, 9.17) is 4.74 Å². The highest BCUT2D eigenvalue weighted by molar-refractivity contribution is 7.89. The lowest BCUT2D eigenvalue weighted by molar-refractivity contribution is 0.0774. The molecule has 0 aliphatic carbocycles. The lowest BCUT2D eigenvalue weighted by atomic mass is 10.0.